The number of carbonyl (C=O) groups is 1. The predicted octanol–water partition coefficient (Wildman–Crippen LogP) is 1.37. The van der Waals surface area contributed by atoms with Crippen LogP contribution in [0.25, 0.3) is 0 Å². The van der Waals surface area contributed by atoms with Crippen molar-refractivity contribution in [2.75, 3.05) is 0 Å². The van der Waals surface area contributed by atoms with Crippen molar-refractivity contribution in [3.8, 4) is 0 Å². The first kappa shape index (κ1) is 7.85. The molecule has 0 saturated carbocycles. The maximum atomic E-state index is 10.6. The van der Waals surface area contributed by atoms with Gasteiger partial charge in [-0.05, 0) is 12.5 Å². The fourth-order valence-electron chi connectivity index (χ4n) is 0.776. The van der Waals surface area contributed by atoms with Crippen molar-refractivity contribution in [1.82, 2.24) is 0 Å². The van der Waals surface area contributed by atoms with E-state index in [-0.39, 0.29) is 0 Å². The second-order valence-electron chi connectivity index (χ2n) is 2.16. The second kappa shape index (κ2) is 3.81. The van der Waals surface area contributed by atoms with Crippen molar-refractivity contribution < 1.29 is 14.3 Å². The van der Waals surface area contributed by atoms with Crippen molar-refractivity contribution in [2.45, 2.75) is 19.1 Å². The molecule has 1 aliphatic heterocycles. The molecule has 1 atom stereocenters. The summed E-state index contributed by atoms with van der Waals surface area (Å²) in [5.74, 6) is -0.440. The first-order valence-corrected chi connectivity index (χ1v) is 3.46. The number of ether oxygens (including phenoxy) is 2. The molecule has 3 heteroatoms. The van der Waals surface area contributed by atoms with Gasteiger partial charge in [0.15, 0.2) is 0 Å². The normalized spacial score (nSPS) is 22.0. The Morgan fingerprint density at radius 2 is 2.64 bits per heavy atom. The summed E-state index contributed by atoms with van der Waals surface area (Å²) < 4.78 is 9.79. The average Bonchev–Trinajstić information content (AvgIpc) is 2.06. The highest BCUT2D eigenvalue weighted by atomic mass is 16.7. The van der Waals surface area contributed by atoms with Crippen LogP contribution < -0.4 is 0 Å². The lowest BCUT2D eigenvalue weighted by Gasteiger charge is -2.18. The van der Waals surface area contributed by atoms with Gasteiger partial charge in [0, 0.05) is 12.5 Å². The van der Waals surface area contributed by atoms with E-state index >= 15 is 0 Å². The van der Waals surface area contributed by atoms with Gasteiger partial charge in [-0.1, -0.05) is 6.58 Å². The van der Waals surface area contributed by atoms with Crippen LogP contribution in [0.2, 0.25) is 0 Å². The highest BCUT2D eigenvalue weighted by Gasteiger charge is 2.13. The van der Waals surface area contributed by atoms with Gasteiger partial charge in [-0.25, -0.2) is 4.79 Å². The summed E-state index contributed by atoms with van der Waals surface area (Å²) in [4.78, 5) is 10.6. The molecule has 1 rings (SSSR count). The average molecular weight is 154 g/mol. The van der Waals surface area contributed by atoms with E-state index in [2.05, 4.69) is 6.58 Å². The Balaban J connectivity index is 2.31. The van der Waals surface area contributed by atoms with Crippen LogP contribution in [0.15, 0.2) is 25.0 Å². The number of esters is 1. The van der Waals surface area contributed by atoms with E-state index in [0.717, 1.165) is 18.9 Å². The molecule has 3 nitrogen and oxygen atoms in total. The summed E-state index contributed by atoms with van der Waals surface area (Å²) in [5.41, 5.74) is 0. The molecule has 0 aliphatic carbocycles. The number of hydrogen-bond acceptors (Lipinski definition) is 3. The Morgan fingerprint density at radius 1 is 1.82 bits per heavy atom. The van der Waals surface area contributed by atoms with E-state index in [0.29, 0.717) is 0 Å². The molecule has 0 aromatic heterocycles. The van der Waals surface area contributed by atoms with Crippen LogP contribution in [0.5, 0.6) is 0 Å². The van der Waals surface area contributed by atoms with E-state index in [4.69, 9.17) is 9.47 Å². The van der Waals surface area contributed by atoms with Crippen molar-refractivity contribution in [3.63, 3.8) is 0 Å². The van der Waals surface area contributed by atoms with Crippen molar-refractivity contribution in [1.29, 1.82) is 0 Å². The third-order valence-corrected chi connectivity index (χ3v) is 1.31. The van der Waals surface area contributed by atoms with Crippen LogP contribution in [0.3, 0.4) is 0 Å². The van der Waals surface area contributed by atoms with Crippen LogP contribution in [-0.2, 0) is 14.3 Å². The van der Waals surface area contributed by atoms with Crippen LogP contribution >= 0.6 is 0 Å². The monoisotopic (exact) mass is 154 g/mol. The maximum Gasteiger partial charge on any atom is 0.333 e. The summed E-state index contributed by atoms with van der Waals surface area (Å²) in [6, 6.07) is 0. The molecule has 0 N–H and O–H groups in total. The summed E-state index contributed by atoms with van der Waals surface area (Å²) in [7, 11) is 0. The van der Waals surface area contributed by atoms with Gasteiger partial charge in [-0.15, -0.1) is 0 Å². The Hall–Kier alpha value is -1.25. The minimum absolute atomic E-state index is 0.425. The van der Waals surface area contributed by atoms with Gasteiger partial charge >= 0.3 is 5.97 Å². The van der Waals surface area contributed by atoms with Crippen molar-refractivity contribution in [3.05, 3.63) is 25.0 Å². The van der Waals surface area contributed by atoms with E-state index in [1.165, 1.54) is 0 Å². The molecular weight excluding hydrogens is 144 g/mol. The van der Waals surface area contributed by atoms with E-state index < -0.39 is 12.3 Å². The third-order valence-electron chi connectivity index (χ3n) is 1.31. The van der Waals surface area contributed by atoms with Crippen molar-refractivity contribution >= 4 is 5.97 Å². The lowest BCUT2D eigenvalue weighted by Crippen LogP contribution is -2.19. The summed E-state index contributed by atoms with van der Waals surface area (Å²) in [6.45, 7) is 3.28. The molecule has 0 spiro atoms. The van der Waals surface area contributed by atoms with Gasteiger partial charge in [0.05, 0.1) is 6.26 Å². The van der Waals surface area contributed by atoms with E-state index in [9.17, 15) is 4.79 Å². The summed E-state index contributed by atoms with van der Waals surface area (Å²) >= 11 is 0. The quantitative estimate of drug-likeness (QED) is 0.445. The van der Waals surface area contributed by atoms with Crippen LogP contribution in [-0.4, -0.2) is 12.3 Å². The van der Waals surface area contributed by atoms with Gasteiger partial charge in [0.1, 0.15) is 0 Å². The zero-order valence-electron chi connectivity index (χ0n) is 6.16. The molecule has 0 bridgehead atoms. The van der Waals surface area contributed by atoms with Crippen molar-refractivity contribution in [2.24, 2.45) is 0 Å². The Morgan fingerprint density at radius 3 is 3.18 bits per heavy atom. The van der Waals surface area contributed by atoms with Gasteiger partial charge < -0.3 is 9.47 Å². The molecule has 0 saturated heterocycles. The molecule has 1 heterocycles. The lowest BCUT2D eigenvalue weighted by molar-refractivity contribution is -0.165. The SMILES string of the molecule is C=CC(=O)OC1CCC=CO1. The van der Waals surface area contributed by atoms with E-state index in [1.807, 2.05) is 6.08 Å². The zero-order chi connectivity index (χ0) is 8.10. The second-order valence-corrected chi connectivity index (χ2v) is 2.16. The maximum absolute atomic E-state index is 10.6. The number of carbonyl (C=O) groups excluding carboxylic acids is 1. The summed E-state index contributed by atoms with van der Waals surface area (Å²) in [5, 5.41) is 0. The molecule has 0 aromatic rings. The fraction of sp³-hybridized carbons (Fsp3) is 0.375. The molecule has 0 aromatic carbocycles. The van der Waals surface area contributed by atoms with Gasteiger partial charge in [-0.2, -0.15) is 0 Å². The van der Waals surface area contributed by atoms with Crippen LogP contribution in [0.4, 0.5) is 0 Å². The standard InChI is InChI=1S/C8H10O3/c1-2-7(9)11-8-5-3-4-6-10-8/h2,4,6,8H,1,3,5H2. The molecule has 11 heavy (non-hydrogen) atoms. The fourth-order valence-corrected chi connectivity index (χ4v) is 0.776. The molecule has 0 fully saturated rings. The Labute approximate surface area is 65.3 Å². The smallest absolute Gasteiger partial charge is 0.333 e. The lowest BCUT2D eigenvalue weighted by atomic mass is 10.3. The molecular formula is C8H10O3. The molecule has 1 aliphatic rings. The Bertz CT molecular complexity index is 184. The zero-order valence-corrected chi connectivity index (χ0v) is 6.16. The summed E-state index contributed by atoms with van der Waals surface area (Å²) in [6.07, 6.45) is 5.74. The van der Waals surface area contributed by atoms with Crippen LogP contribution in [0, 0.1) is 0 Å². The first-order valence-electron chi connectivity index (χ1n) is 3.46. The minimum Gasteiger partial charge on any atom is -0.463 e. The number of hydrogen-bond donors (Lipinski definition) is 0. The van der Waals surface area contributed by atoms with Crippen LogP contribution in [0.1, 0.15) is 12.8 Å². The van der Waals surface area contributed by atoms with Gasteiger partial charge in [0.25, 0.3) is 0 Å². The molecule has 1 unspecified atom stereocenters. The molecule has 0 amide bonds. The topological polar surface area (TPSA) is 35.5 Å². The number of rotatable bonds is 2. The number of allylic oxidation sites excluding steroid dienone is 1. The molecule has 0 radical (unpaired) electrons. The van der Waals surface area contributed by atoms with E-state index in [1.54, 1.807) is 6.26 Å². The third kappa shape index (κ3) is 2.45. The Kier molecular flexibility index (Phi) is 2.72. The molecule has 60 valence electrons. The highest BCUT2D eigenvalue weighted by molar-refractivity contribution is 5.81. The minimum atomic E-state index is -0.440. The first-order chi connectivity index (χ1) is 5.33. The highest BCUT2D eigenvalue weighted by Crippen LogP contribution is 2.11. The van der Waals surface area contributed by atoms with Gasteiger partial charge in [0.2, 0.25) is 6.29 Å². The largest absolute Gasteiger partial charge is 0.463 e. The predicted molar refractivity (Wildman–Crippen MR) is 39.5 cm³/mol. The van der Waals surface area contributed by atoms with Gasteiger partial charge in [-0.3, -0.25) is 0 Å².